The van der Waals surface area contributed by atoms with Crippen molar-refractivity contribution in [2.24, 2.45) is 0 Å². The van der Waals surface area contributed by atoms with Crippen LogP contribution in [0, 0.1) is 10.1 Å². The number of hydrogen-bond donors (Lipinski definition) is 1. The van der Waals surface area contributed by atoms with E-state index in [1.165, 1.54) is 6.07 Å². The highest BCUT2D eigenvalue weighted by molar-refractivity contribution is 6.04. The molecule has 1 saturated heterocycles. The second kappa shape index (κ2) is 7.55. The fraction of sp³-hybridized carbons (Fsp3) is 0.444. The summed E-state index contributed by atoms with van der Waals surface area (Å²) >= 11 is 0. The first-order valence-electron chi connectivity index (χ1n) is 8.89. The molecule has 1 aliphatic heterocycles. The zero-order valence-electron chi connectivity index (χ0n) is 15.0. The molecule has 26 heavy (non-hydrogen) atoms. The molecule has 1 aliphatic rings. The molecule has 1 N–H and O–H groups in total. The molecule has 0 aliphatic carbocycles. The molecule has 1 aromatic heterocycles. The van der Waals surface area contributed by atoms with E-state index in [9.17, 15) is 14.9 Å². The van der Waals surface area contributed by atoms with Gasteiger partial charge in [0.2, 0.25) is 0 Å². The van der Waals surface area contributed by atoms with Gasteiger partial charge in [0.1, 0.15) is 11.5 Å². The van der Waals surface area contributed by atoms with Gasteiger partial charge < -0.3 is 10.2 Å². The Balaban J connectivity index is 1.85. The molecule has 1 fully saturated rings. The van der Waals surface area contributed by atoms with Gasteiger partial charge in [-0.25, -0.2) is 4.68 Å². The third-order valence-electron chi connectivity index (χ3n) is 4.80. The van der Waals surface area contributed by atoms with Crippen molar-refractivity contribution < 1.29 is 9.72 Å². The van der Waals surface area contributed by atoms with Gasteiger partial charge in [0.05, 0.1) is 17.2 Å². The van der Waals surface area contributed by atoms with Gasteiger partial charge in [-0.05, 0) is 38.3 Å². The van der Waals surface area contributed by atoms with Crippen molar-refractivity contribution in [3.63, 3.8) is 0 Å². The van der Waals surface area contributed by atoms with Crippen LogP contribution in [0.4, 0.5) is 17.2 Å². The Kier molecular flexibility index (Phi) is 5.20. The van der Waals surface area contributed by atoms with Crippen molar-refractivity contribution in [1.29, 1.82) is 0 Å². The molecule has 1 unspecified atom stereocenters. The van der Waals surface area contributed by atoms with Gasteiger partial charge in [-0.1, -0.05) is 6.92 Å². The quantitative estimate of drug-likeness (QED) is 0.629. The third kappa shape index (κ3) is 3.54. The summed E-state index contributed by atoms with van der Waals surface area (Å²) in [6.45, 7) is 5.66. The van der Waals surface area contributed by atoms with Crippen molar-refractivity contribution in [2.45, 2.75) is 39.2 Å². The summed E-state index contributed by atoms with van der Waals surface area (Å²) in [5.74, 6) is 0.196. The molecule has 1 aromatic carbocycles. The number of anilines is 2. The molecule has 0 radical (unpaired) electrons. The normalized spacial score (nSPS) is 15.1. The maximum absolute atomic E-state index is 12.6. The minimum absolute atomic E-state index is 0.0324. The minimum atomic E-state index is -0.423. The summed E-state index contributed by atoms with van der Waals surface area (Å²) < 4.78 is 1.74. The summed E-state index contributed by atoms with van der Waals surface area (Å²) in [5.41, 5.74) is 0.806. The van der Waals surface area contributed by atoms with E-state index in [1.807, 2.05) is 18.7 Å². The highest BCUT2D eigenvalue weighted by atomic mass is 16.6. The number of rotatable bonds is 6. The SMILES string of the molecule is CCC(C)n1nccc1NC(=O)c1ccc(N2CCCC2)c([N+](=O)[O-])c1. The average Bonchev–Trinajstić information content (AvgIpc) is 3.32. The molecule has 138 valence electrons. The van der Waals surface area contributed by atoms with Crippen LogP contribution in [-0.4, -0.2) is 33.7 Å². The molecule has 3 rings (SSSR count). The van der Waals surface area contributed by atoms with Gasteiger partial charge in [-0.15, -0.1) is 0 Å². The Labute approximate surface area is 151 Å². The highest BCUT2D eigenvalue weighted by Crippen LogP contribution is 2.32. The van der Waals surface area contributed by atoms with Gasteiger partial charge in [0.15, 0.2) is 0 Å². The molecule has 0 saturated carbocycles. The van der Waals surface area contributed by atoms with Crippen LogP contribution in [0.1, 0.15) is 49.5 Å². The number of amides is 1. The van der Waals surface area contributed by atoms with Crippen molar-refractivity contribution >= 4 is 23.1 Å². The zero-order valence-corrected chi connectivity index (χ0v) is 15.0. The summed E-state index contributed by atoms with van der Waals surface area (Å²) in [4.78, 5) is 25.7. The number of carbonyl (C=O) groups excluding carboxylic acids is 1. The first-order chi connectivity index (χ1) is 12.5. The van der Waals surface area contributed by atoms with E-state index in [1.54, 1.807) is 29.1 Å². The number of aromatic nitrogens is 2. The Morgan fingerprint density at radius 2 is 2.08 bits per heavy atom. The van der Waals surface area contributed by atoms with Crippen LogP contribution in [-0.2, 0) is 0 Å². The van der Waals surface area contributed by atoms with Crippen LogP contribution in [0.15, 0.2) is 30.5 Å². The van der Waals surface area contributed by atoms with E-state index < -0.39 is 4.92 Å². The Hall–Kier alpha value is -2.90. The van der Waals surface area contributed by atoms with Crippen LogP contribution in [0.25, 0.3) is 0 Å². The lowest BCUT2D eigenvalue weighted by Crippen LogP contribution is -2.20. The number of hydrogen-bond acceptors (Lipinski definition) is 5. The predicted octanol–water partition coefficient (Wildman–Crippen LogP) is 3.61. The first kappa shape index (κ1) is 17.9. The first-order valence-corrected chi connectivity index (χ1v) is 8.89. The molecule has 8 heteroatoms. The van der Waals surface area contributed by atoms with E-state index in [4.69, 9.17) is 0 Å². The van der Waals surface area contributed by atoms with Crippen molar-refractivity contribution in [3.05, 3.63) is 46.1 Å². The van der Waals surface area contributed by atoms with Crippen LogP contribution < -0.4 is 10.2 Å². The van der Waals surface area contributed by atoms with Gasteiger partial charge in [0.25, 0.3) is 11.6 Å². The number of nitrogens with zero attached hydrogens (tertiary/aromatic N) is 4. The molecule has 0 spiro atoms. The Morgan fingerprint density at radius 1 is 1.35 bits per heavy atom. The number of carbonyl (C=O) groups is 1. The number of nitrogens with one attached hydrogen (secondary N) is 1. The highest BCUT2D eigenvalue weighted by Gasteiger charge is 2.24. The van der Waals surface area contributed by atoms with Crippen molar-refractivity contribution in [1.82, 2.24) is 9.78 Å². The van der Waals surface area contributed by atoms with Gasteiger partial charge in [0, 0.05) is 30.8 Å². The summed E-state index contributed by atoms with van der Waals surface area (Å²) in [6.07, 6.45) is 4.55. The summed E-state index contributed by atoms with van der Waals surface area (Å²) in [5, 5.41) is 18.5. The lowest BCUT2D eigenvalue weighted by Gasteiger charge is -2.18. The molecule has 0 bridgehead atoms. The molecule has 2 heterocycles. The number of benzene rings is 1. The zero-order chi connectivity index (χ0) is 18.7. The van der Waals surface area contributed by atoms with Crippen LogP contribution in [0.3, 0.4) is 0 Å². The smallest absolute Gasteiger partial charge is 0.293 e. The number of nitro groups is 1. The third-order valence-corrected chi connectivity index (χ3v) is 4.80. The van der Waals surface area contributed by atoms with Crippen LogP contribution in [0.5, 0.6) is 0 Å². The minimum Gasteiger partial charge on any atom is -0.366 e. The Morgan fingerprint density at radius 3 is 2.73 bits per heavy atom. The lowest BCUT2D eigenvalue weighted by atomic mass is 10.1. The van der Waals surface area contributed by atoms with Crippen molar-refractivity contribution in [2.75, 3.05) is 23.3 Å². The van der Waals surface area contributed by atoms with Crippen molar-refractivity contribution in [3.8, 4) is 0 Å². The molecule has 2 aromatic rings. The average molecular weight is 357 g/mol. The predicted molar refractivity (Wildman–Crippen MR) is 99.7 cm³/mol. The molecule has 1 atom stereocenters. The fourth-order valence-corrected chi connectivity index (χ4v) is 3.16. The molecule has 1 amide bonds. The second-order valence-corrected chi connectivity index (χ2v) is 6.53. The largest absolute Gasteiger partial charge is 0.366 e. The molecule has 8 nitrogen and oxygen atoms in total. The Bertz CT molecular complexity index is 811. The van der Waals surface area contributed by atoms with Crippen LogP contribution >= 0.6 is 0 Å². The maximum Gasteiger partial charge on any atom is 0.293 e. The fourth-order valence-electron chi connectivity index (χ4n) is 3.16. The van der Waals surface area contributed by atoms with Crippen LogP contribution in [0.2, 0.25) is 0 Å². The standard InChI is InChI=1S/C18H23N5O3/c1-3-13(2)22-17(8-9-19-22)20-18(24)14-6-7-15(16(12-14)23(25)26)21-10-4-5-11-21/h6-9,12-13H,3-5,10-11H2,1-2H3,(H,20,24). The summed E-state index contributed by atoms with van der Waals surface area (Å²) in [6, 6.07) is 6.53. The van der Waals surface area contributed by atoms with E-state index in [0.29, 0.717) is 11.5 Å². The second-order valence-electron chi connectivity index (χ2n) is 6.53. The maximum atomic E-state index is 12.6. The molecular weight excluding hydrogens is 334 g/mol. The summed E-state index contributed by atoms with van der Waals surface area (Å²) in [7, 11) is 0. The van der Waals surface area contributed by atoms with E-state index in [2.05, 4.69) is 10.4 Å². The van der Waals surface area contributed by atoms with E-state index in [0.717, 1.165) is 32.4 Å². The van der Waals surface area contributed by atoms with E-state index in [-0.39, 0.29) is 23.2 Å². The topological polar surface area (TPSA) is 93.3 Å². The van der Waals surface area contributed by atoms with Gasteiger partial charge in [-0.3, -0.25) is 14.9 Å². The van der Waals surface area contributed by atoms with Gasteiger partial charge >= 0.3 is 0 Å². The molecular formula is C18H23N5O3. The monoisotopic (exact) mass is 357 g/mol. The van der Waals surface area contributed by atoms with Gasteiger partial charge in [-0.2, -0.15) is 5.10 Å². The lowest BCUT2D eigenvalue weighted by molar-refractivity contribution is -0.384. The van der Waals surface area contributed by atoms with E-state index >= 15 is 0 Å². The number of nitro benzene ring substituents is 1.